The highest BCUT2D eigenvalue weighted by molar-refractivity contribution is 5.76. The maximum absolute atomic E-state index is 12.5. The molecule has 128 valence electrons. The molecule has 5 nitrogen and oxygen atoms in total. The summed E-state index contributed by atoms with van der Waals surface area (Å²) in [5.41, 5.74) is 4.08. The van der Waals surface area contributed by atoms with Gasteiger partial charge in [0.05, 0.1) is 0 Å². The number of pyridine rings is 1. The SMILES string of the molecule is Cc1cc(C)cc(Nc2ncc3ccc(=O)n(C4CCCC4)c3n2)c1. The van der Waals surface area contributed by atoms with E-state index in [2.05, 4.69) is 47.3 Å². The quantitative estimate of drug-likeness (QED) is 0.777. The first-order valence-corrected chi connectivity index (χ1v) is 8.84. The molecule has 2 aromatic heterocycles. The molecule has 0 bridgehead atoms. The average Bonchev–Trinajstić information content (AvgIpc) is 3.07. The summed E-state index contributed by atoms with van der Waals surface area (Å²) in [4.78, 5) is 21.6. The van der Waals surface area contributed by atoms with Crippen molar-refractivity contribution in [2.45, 2.75) is 45.6 Å². The van der Waals surface area contributed by atoms with Crippen LogP contribution >= 0.6 is 0 Å². The third-order valence-corrected chi connectivity index (χ3v) is 4.83. The number of nitrogens with one attached hydrogen (secondary N) is 1. The predicted molar refractivity (Wildman–Crippen MR) is 101 cm³/mol. The molecule has 3 aromatic rings. The van der Waals surface area contributed by atoms with E-state index in [4.69, 9.17) is 0 Å². The molecular weight excluding hydrogens is 312 g/mol. The van der Waals surface area contributed by atoms with Gasteiger partial charge in [0.1, 0.15) is 5.65 Å². The highest BCUT2D eigenvalue weighted by Crippen LogP contribution is 2.30. The first-order chi connectivity index (χ1) is 12.1. The van der Waals surface area contributed by atoms with Crippen LogP contribution in [0.4, 0.5) is 11.6 Å². The van der Waals surface area contributed by atoms with Crippen LogP contribution in [-0.4, -0.2) is 14.5 Å². The largest absolute Gasteiger partial charge is 0.324 e. The molecule has 5 heteroatoms. The van der Waals surface area contributed by atoms with Crippen molar-refractivity contribution in [1.29, 1.82) is 0 Å². The number of aryl methyl sites for hydroxylation is 2. The molecule has 25 heavy (non-hydrogen) atoms. The average molecular weight is 334 g/mol. The van der Waals surface area contributed by atoms with Crippen molar-refractivity contribution in [3.05, 3.63) is 58.0 Å². The summed E-state index contributed by atoms with van der Waals surface area (Å²) < 4.78 is 1.86. The van der Waals surface area contributed by atoms with Gasteiger partial charge in [-0.1, -0.05) is 18.9 Å². The first-order valence-electron chi connectivity index (χ1n) is 8.84. The van der Waals surface area contributed by atoms with E-state index < -0.39 is 0 Å². The van der Waals surface area contributed by atoms with Gasteiger partial charge >= 0.3 is 0 Å². The van der Waals surface area contributed by atoms with E-state index >= 15 is 0 Å². The molecule has 1 aliphatic rings. The van der Waals surface area contributed by atoms with Gasteiger partial charge < -0.3 is 5.32 Å². The van der Waals surface area contributed by atoms with Gasteiger partial charge in [0, 0.05) is 29.4 Å². The Hall–Kier alpha value is -2.69. The number of fused-ring (bicyclic) bond motifs is 1. The maximum atomic E-state index is 12.5. The number of hydrogen-bond acceptors (Lipinski definition) is 4. The molecule has 0 aliphatic heterocycles. The third kappa shape index (κ3) is 3.14. The molecule has 0 saturated heterocycles. The number of rotatable bonds is 3. The van der Waals surface area contributed by atoms with Crippen LogP contribution in [0.25, 0.3) is 11.0 Å². The van der Waals surface area contributed by atoms with Gasteiger partial charge in [0.25, 0.3) is 5.56 Å². The Morgan fingerprint density at radius 1 is 1.08 bits per heavy atom. The number of hydrogen-bond donors (Lipinski definition) is 1. The van der Waals surface area contributed by atoms with Gasteiger partial charge in [0.15, 0.2) is 0 Å². The van der Waals surface area contributed by atoms with Crippen molar-refractivity contribution < 1.29 is 0 Å². The smallest absolute Gasteiger partial charge is 0.252 e. The number of anilines is 2. The van der Waals surface area contributed by atoms with Crippen molar-refractivity contribution in [1.82, 2.24) is 14.5 Å². The van der Waals surface area contributed by atoms with Crippen LogP contribution < -0.4 is 10.9 Å². The number of nitrogens with zero attached hydrogens (tertiary/aromatic N) is 3. The van der Waals surface area contributed by atoms with Gasteiger partial charge in [-0.15, -0.1) is 0 Å². The summed E-state index contributed by atoms with van der Waals surface area (Å²) in [7, 11) is 0. The van der Waals surface area contributed by atoms with Gasteiger partial charge in [-0.25, -0.2) is 4.98 Å². The lowest BCUT2D eigenvalue weighted by molar-refractivity contribution is 0.516. The second kappa shape index (κ2) is 6.31. The molecule has 1 saturated carbocycles. The minimum atomic E-state index is 0.0236. The zero-order valence-corrected chi connectivity index (χ0v) is 14.6. The van der Waals surface area contributed by atoms with Crippen LogP contribution in [0.3, 0.4) is 0 Å². The predicted octanol–water partition coefficient (Wildman–Crippen LogP) is 4.27. The third-order valence-electron chi connectivity index (χ3n) is 4.83. The van der Waals surface area contributed by atoms with Gasteiger partial charge in [-0.05, 0) is 56.0 Å². The van der Waals surface area contributed by atoms with E-state index in [9.17, 15) is 4.79 Å². The summed E-state index contributed by atoms with van der Waals surface area (Å²) in [6, 6.07) is 9.94. The normalized spacial score (nSPS) is 15.0. The van der Waals surface area contributed by atoms with Crippen LogP contribution in [0.15, 0.2) is 41.3 Å². The Labute approximate surface area is 146 Å². The van der Waals surface area contributed by atoms with Crippen molar-refractivity contribution in [3.63, 3.8) is 0 Å². The Morgan fingerprint density at radius 3 is 2.52 bits per heavy atom. The van der Waals surface area contributed by atoms with Crippen LogP contribution in [0.5, 0.6) is 0 Å². The van der Waals surface area contributed by atoms with Gasteiger partial charge in [-0.3, -0.25) is 9.36 Å². The molecule has 0 amide bonds. The second-order valence-electron chi connectivity index (χ2n) is 6.95. The van der Waals surface area contributed by atoms with Crippen molar-refractivity contribution in [3.8, 4) is 0 Å². The maximum Gasteiger partial charge on any atom is 0.252 e. The van der Waals surface area contributed by atoms with E-state index in [1.165, 1.54) is 24.0 Å². The zero-order valence-electron chi connectivity index (χ0n) is 14.6. The number of benzene rings is 1. The van der Waals surface area contributed by atoms with Gasteiger partial charge in [0.2, 0.25) is 5.95 Å². The minimum Gasteiger partial charge on any atom is -0.324 e. The minimum absolute atomic E-state index is 0.0236. The fourth-order valence-electron chi connectivity index (χ4n) is 3.79. The van der Waals surface area contributed by atoms with E-state index in [1.807, 2.05) is 10.6 Å². The lowest BCUT2D eigenvalue weighted by atomic mass is 10.1. The lowest BCUT2D eigenvalue weighted by Gasteiger charge is -2.16. The Morgan fingerprint density at radius 2 is 1.80 bits per heavy atom. The molecule has 1 aliphatic carbocycles. The van der Waals surface area contributed by atoms with Crippen molar-refractivity contribution in [2.75, 3.05) is 5.32 Å². The monoisotopic (exact) mass is 334 g/mol. The molecule has 4 rings (SSSR count). The summed E-state index contributed by atoms with van der Waals surface area (Å²) in [5.74, 6) is 0.523. The van der Waals surface area contributed by atoms with E-state index in [-0.39, 0.29) is 11.6 Å². The van der Waals surface area contributed by atoms with Crippen LogP contribution in [0.1, 0.15) is 42.9 Å². The fourth-order valence-corrected chi connectivity index (χ4v) is 3.79. The van der Waals surface area contributed by atoms with Crippen LogP contribution in [0, 0.1) is 13.8 Å². The molecule has 0 unspecified atom stereocenters. The topological polar surface area (TPSA) is 59.8 Å². The molecule has 1 fully saturated rings. The Bertz CT molecular complexity index is 966. The van der Waals surface area contributed by atoms with Crippen LogP contribution in [-0.2, 0) is 0 Å². The molecule has 1 aromatic carbocycles. The Kier molecular flexibility index (Phi) is 3.99. The molecule has 1 N–H and O–H groups in total. The molecule has 0 atom stereocenters. The highest BCUT2D eigenvalue weighted by Gasteiger charge is 2.20. The zero-order chi connectivity index (χ0) is 17.4. The van der Waals surface area contributed by atoms with E-state index in [0.29, 0.717) is 5.95 Å². The van der Waals surface area contributed by atoms with Crippen molar-refractivity contribution >= 4 is 22.7 Å². The second-order valence-corrected chi connectivity index (χ2v) is 6.95. The fraction of sp³-hybridized carbons (Fsp3) is 0.350. The number of aromatic nitrogens is 3. The Balaban J connectivity index is 1.78. The summed E-state index contributed by atoms with van der Waals surface area (Å²) in [6.45, 7) is 4.13. The van der Waals surface area contributed by atoms with Gasteiger partial charge in [-0.2, -0.15) is 4.98 Å². The van der Waals surface area contributed by atoms with E-state index in [0.717, 1.165) is 29.6 Å². The molecular formula is C20H22N4O. The van der Waals surface area contributed by atoms with Crippen LogP contribution in [0.2, 0.25) is 0 Å². The lowest BCUT2D eigenvalue weighted by Crippen LogP contribution is -2.23. The molecule has 0 radical (unpaired) electrons. The summed E-state index contributed by atoms with van der Waals surface area (Å²) >= 11 is 0. The van der Waals surface area contributed by atoms with E-state index in [1.54, 1.807) is 12.3 Å². The highest BCUT2D eigenvalue weighted by atomic mass is 16.1. The molecule has 0 spiro atoms. The summed E-state index contributed by atoms with van der Waals surface area (Å²) in [5, 5.41) is 4.18. The standard InChI is InChI=1S/C20H22N4O/c1-13-9-14(2)11-16(10-13)22-20-21-12-15-7-8-18(25)24(19(15)23-20)17-5-3-4-6-17/h7-12,17H,3-6H2,1-2H3,(H,21,22,23). The first kappa shape index (κ1) is 15.8. The molecule has 2 heterocycles. The summed E-state index contributed by atoms with van der Waals surface area (Å²) in [6.07, 6.45) is 6.22. The van der Waals surface area contributed by atoms with Crippen molar-refractivity contribution in [2.24, 2.45) is 0 Å².